The van der Waals surface area contributed by atoms with Crippen molar-refractivity contribution in [3.63, 3.8) is 0 Å². The number of rotatable bonds is 3. The summed E-state index contributed by atoms with van der Waals surface area (Å²) in [7, 11) is 0. The van der Waals surface area contributed by atoms with Crippen molar-refractivity contribution >= 4 is 16.9 Å². The molecule has 1 aliphatic rings. The molecule has 0 bridgehead atoms. The molecular formula is C25H27N5O. The number of carbonyl (C=O) groups is 1. The van der Waals surface area contributed by atoms with Gasteiger partial charge in [0.25, 0.3) is 5.91 Å². The third kappa shape index (κ3) is 3.14. The van der Waals surface area contributed by atoms with Gasteiger partial charge >= 0.3 is 0 Å². The van der Waals surface area contributed by atoms with Crippen molar-refractivity contribution in [1.82, 2.24) is 24.6 Å². The van der Waals surface area contributed by atoms with Gasteiger partial charge in [0.05, 0.1) is 27.8 Å². The zero-order chi connectivity index (χ0) is 21.8. The molecule has 1 atom stereocenters. The fourth-order valence-corrected chi connectivity index (χ4v) is 4.64. The largest absolute Gasteiger partial charge is 0.340 e. The lowest BCUT2D eigenvalue weighted by Gasteiger charge is -2.34. The quantitative estimate of drug-likeness (QED) is 0.523. The molecule has 6 heteroatoms. The Labute approximate surface area is 181 Å². The molecule has 1 saturated heterocycles. The number of fused-ring (bicyclic) bond motifs is 1. The van der Waals surface area contributed by atoms with Gasteiger partial charge in [-0.1, -0.05) is 11.6 Å². The molecule has 2 aromatic carbocycles. The van der Waals surface area contributed by atoms with Crippen LogP contribution in [-0.4, -0.2) is 37.1 Å². The molecule has 31 heavy (non-hydrogen) atoms. The molecule has 3 heterocycles. The van der Waals surface area contributed by atoms with Crippen LogP contribution in [0.15, 0.2) is 48.8 Å². The van der Waals surface area contributed by atoms with E-state index < -0.39 is 5.54 Å². The predicted octanol–water partition coefficient (Wildman–Crippen LogP) is 4.83. The fraction of sp³-hybridized carbons (Fsp3) is 0.320. The molecule has 2 aromatic heterocycles. The second kappa shape index (κ2) is 7.08. The molecule has 1 unspecified atom stereocenters. The molecular weight excluding hydrogens is 386 g/mol. The number of nitrogens with zero attached hydrogens (tertiary/aromatic N) is 4. The number of nitrogens with one attached hydrogen (secondary N) is 1. The van der Waals surface area contributed by atoms with Gasteiger partial charge in [-0.3, -0.25) is 4.79 Å². The van der Waals surface area contributed by atoms with Gasteiger partial charge in [-0.05, 0) is 82.0 Å². The van der Waals surface area contributed by atoms with Crippen molar-refractivity contribution in [1.29, 1.82) is 0 Å². The van der Waals surface area contributed by atoms with Crippen LogP contribution in [-0.2, 0) is 5.54 Å². The maximum Gasteiger partial charge on any atom is 0.256 e. The summed E-state index contributed by atoms with van der Waals surface area (Å²) in [6.45, 7) is 9.05. The Morgan fingerprint density at radius 1 is 1.13 bits per heavy atom. The Bertz CT molecular complexity index is 1250. The second-order valence-corrected chi connectivity index (χ2v) is 8.84. The molecule has 1 amide bonds. The van der Waals surface area contributed by atoms with E-state index in [1.165, 1.54) is 11.1 Å². The van der Waals surface area contributed by atoms with Gasteiger partial charge in [0.1, 0.15) is 5.82 Å². The lowest BCUT2D eigenvalue weighted by molar-refractivity contribution is 0.0605. The second-order valence-electron chi connectivity index (χ2n) is 8.84. The van der Waals surface area contributed by atoms with Gasteiger partial charge in [0.15, 0.2) is 0 Å². The van der Waals surface area contributed by atoms with Gasteiger partial charge < -0.3 is 9.88 Å². The summed E-state index contributed by atoms with van der Waals surface area (Å²) in [5.41, 5.74) is 6.45. The zero-order valence-electron chi connectivity index (χ0n) is 18.4. The first-order valence-corrected chi connectivity index (χ1v) is 10.8. The Morgan fingerprint density at radius 2 is 1.94 bits per heavy atom. The molecule has 1 aliphatic heterocycles. The highest BCUT2D eigenvalue weighted by Crippen LogP contribution is 2.39. The van der Waals surface area contributed by atoms with Crippen LogP contribution in [0.1, 0.15) is 52.6 Å². The average Bonchev–Trinajstić information content (AvgIpc) is 3.48. The zero-order valence-corrected chi connectivity index (χ0v) is 18.4. The first kappa shape index (κ1) is 19.5. The van der Waals surface area contributed by atoms with E-state index in [1.807, 2.05) is 42.3 Å². The number of benzene rings is 2. The van der Waals surface area contributed by atoms with E-state index in [-0.39, 0.29) is 5.91 Å². The molecule has 158 valence electrons. The SMILES string of the molecule is Cc1ccc(-n2cccn2)c(C(=O)N2CCCC2(C)c2nc3cc(C)c(C)cc3[nH]2)c1. The maximum absolute atomic E-state index is 13.9. The standard InChI is InChI=1S/C25H27N5O/c1-16-7-8-22(30-12-6-10-26-30)19(13-16)23(31)29-11-5-9-25(29,4)24-27-20-14-17(2)18(3)15-21(20)28-24/h6-8,10,12-15H,5,9,11H2,1-4H3,(H,27,28). The number of imidazole rings is 1. The van der Waals surface area contributed by atoms with Crippen molar-refractivity contribution in [2.75, 3.05) is 6.54 Å². The minimum atomic E-state index is -0.483. The fourth-order valence-electron chi connectivity index (χ4n) is 4.64. The first-order valence-electron chi connectivity index (χ1n) is 10.8. The van der Waals surface area contributed by atoms with Crippen LogP contribution in [0.5, 0.6) is 0 Å². The van der Waals surface area contributed by atoms with Crippen LogP contribution in [0.4, 0.5) is 0 Å². The average molecular weight is 414 g/mol. The van der Waals surface area contributed by atoms with Crippen LogP contribution < -0.4 is 0 Å². The Kier molecular flexibility index (Phi) is 4.46. The van der Waals surface area contributed by atoms with Gasteiger partial charge in [-0.2, -0.15) is 5.10 Å². The highest BCUT2D eigenvalue weighted by molar-refractivity contribution is 5.98. The number of hydrogen-bond donors (Lipinski definition) is 1. The van der Waals surface area contributed by atoms with E-state index in [4.69, 9.17) is 4.98 Å². The van der Waals surface area contributed by atoms with Crippen LogP contribution in [0, 0.1) is 20.8 Å². The Hall–Kier alpha value is -3.41. The maximum atomic E-state index is 13.9. The molecule has 0 radical (unpaired) electrons. The van der Waals surface area contributed by atoms with Crippen molar-refractivity contribution in [3.8, 4) is 5.69 Å². The summed E-state index contributed by atoms with van der Waals surface area (Å²) in [6, 6.07) is 12.1. The summed E-state index contributed by atoms with van der Waals surface area (Å²) in [5.74, 6) is 0.869. The number of H-pyrrole nitrogens is 1. The number of amides is 1. The van der Waals surface area contributed by atoms with Crippen LogP contribution in [0.2, 0.25) is 0 Å². The lowest BCUT2D eigenvalue weighted by atomic mass is 9.96. The smallest absolute Gasteiger partial charge is 0.256 e. The van der Waals surface area contributed by atoms with Crippen LogP contribution in [0.25, 0.3) is 16.7 Å². The molecule has 0 saturated carbocycles. The summed E-state index contributed by atoms with van der Waals surface area (Å²) in [4.78, 5) is 24.3. The van der Waals surface area contributed by atoms with Crippen molar-refractivity contribution in [2.45, 2.75) is 46.1 Å². The normalized spacial score (nSPS) is 18.8. The monoisotopic (exact) mass is 413 g/mol. The minimum absolute atomic E-state index is 0.0158. The number of aromatic amines is 1. The van der Waals surface area contributed by atoms with E-state index in [0.29, 0.717) is 12.1 Å². The summed E-state index contributed by atoms with van der Waals surface area (Å²) in [6.07, 6.45) is 5.42. The number of hydrogen-bond acceptors (Lipinski definition) is 3. The van der Waals surface area contributed by atoms with E-state index in [9.17, 15) is 4.79 Å². The third-order valence-corrected chi connectivity index (χ3v) is 6.63. The first-order chi connectivity index (χ1) is 14.9. The lowest BCUT2D eigenvalue weighted by Crippen LogP contribution is -2.44. The van der Waals surface area contributed by atoms with Crippen LogP contribution >= 0.6 is 0 Å². The summed E-state index contributed by atoms with van der Waals surface area (Å²) >= 11 is 0. The van der Waals surface area contributed by atoms with Crippen molar-refractivity contribution in [2.24, 2.45) is 0 Å². The molecule has 0 aliphatic carbocycles. The highest BCUT2D eigenvalue weighted by Gasteiger charge is 2.44. The topological polar surface area (TPSA) is 66.8 Å². The summed E-state index contributed by atoms with van der Waals surface area (Å²) < 4.78 is 1.76. The minimum Gasteiger partial charge on any atom is -0.340 e. The summed E-state index contributed by atoms with van der Waals surface area (Å²) in [5, 5.41) is 4.35. The molecule has 0 spiro atoms. The van der Waals surface area contributed by atoms with Gasteiger partial charge in [0.2, 0.25) is 0 Å². The molecule has 6 nitrogen and oxygen atoms in total. The molecule has 5 rings (SSSR count). The number of carbonyl (C=O) groups excluding carboxylic acids is 1. The van der Waals surface area contributed by atoms with E-state index in [1.54, 1.807) is 10.9 Å². The molecule has 1 fully saturated rings. The van der Waals surface area contributed by atoms with E-state index >= 15 is 0 Å². The highest BCUT2D eigenvalue weighted by atomic mass is 16.2. The number of likely N-dealkylation sites (tertiary alicyclic amines) is 1. The number of aryl methyl sites for hydroxylation is 3. The predicted molar refractivity (Wildman–Crippen MR) is 121 cm³/mol. The number of aromatic nitrogens is 4. The van der Waals surface area contributed by atoms with Gasteiger partial charge in [0, 0.05) is 18.9 Å². The van der Waals surface area contributed by atoms with Crippen molar-refractivity contribution < 1.29 is 4.79 Å². The van der Waals surface area contributed by atoms with Crippen molar-refractivity contribution in [3.05, 3.63) is 76.9 Å². The molecule has 1 N–H and O–H groups in total. The molecule has 4 aromatic rings. The third-order valence-electron chi connectivity index (χ3n) is 6.63. The Balaban J connectivity index is 1.58. The van der Waals surface area contributed by atoms with Gasteiger partial charge in [-0.15, -0.1) is 0 Å². The van der Waals surface area contributed by atoms with E-state index in [2.05, 4.69) is 43.0 Å². The van der Waals surface area contributed by atoms with Crippen LogP contribution in [0.3, 0.4) is 0 Å². The van der Waals surface area contributed by atoms with E-state index in [0.717, 1.165) is 41.0 Å². The van der Waals surface area contributed by atoms with Gasteiger partial charge in [-0.25, -0.2) is 9.67 Å². The Morgan fingerprint density at radius 3 is 2.71 bits per heavy atom.